The highest BCUT2D eigenvalue weighted by Crippen LogP contribution is 2.32. The summed E-state index contributed by atoms with van der Waals surface area (Å²) in [6, 6.07) is 0. The number of amides is 1. The fourth-order valence-corrected chi connectivity index (χ4v) is 2.85. The number of carbonyl (C=O) groups excluding carboxylic acids is 1. The molecule has 0 bridgehead atoms. The van der Waals surface area contributed by atoms with Gasteiger partial charge in [0.1, 0.15) is 6.20 Å². The van der Waals surface area contributed by atoms with E-state index in [1.807, 2.05) is 5.32 Å². The van der Waals surface area contributed by atoms with Crippen molar-refractivity contribution < 1.29 is 28.0 Å². The van der Waals surface area contributed by atoms with Gasteiger partial charge in [-0.15, -0.1) is 0 Å². The molecular formula is C13H18F3N5O4. The Bertz CT molecular complexity index is 677. The Morgan fingerprint density at radius 2 is 2.16 bits per heavy atom. The highest BCUT2D eigenvalue weighted by Gasteiger charge is 2.46. The van der Waals surface area contributed by atoms with E-state index in [2.05, 4.69) is 5.10 Å². The van der Waals surface area contributed by atoms with Crippen LogP contribution in [0.3, 0.4) is 0 Å². The molecule has 9 nitrogen and oxygen atoms in total. The average Bonchev–Trinajstić information content (AvgIpc) is 2.81. The summed E-state index contributed by atoms with van der Waals surface area (Å²) in [5.74, 6) is -1.93. The number of alkyl halides is 3. The summed E-state index contributed by atoms with van der Waals surface area (Å²) in [5.41, 5.74) is -1.74. The molecule has 0 aromatic carbocycles. The standard InChI is InChI=1S/C13H18F3N5O4/c1-12(18-11(23)13(14,15)16)4-6-20(5-3-9(12)22)10-8(21(24)25)7-17-19(10)2/h7,9,22H,3-6H2,1-2H3,(H,18,23)/t9-,12-/m0/s1. The summed E-state index contributed by atoms with van der Waals surface area (Å²) in [4.78, 5) is 23.3. The molecule has 25 heavy (non-hydrogen) atoms. The van der Waals surface area contributed by atoms with E-state index in [0.717, 1.165) is 6.20 Å². The molecule has 2 N–H and O–H groups in total. The summed E-state index contributed by atoms with van der Waals surface area (Å²) < 4.78 is 38.8. The Kier molecular flexibility index (Phi) is 4.93. The minimum Gasteiger partial charge on any atom is -0.391 e. The molecule has 2 atom stereocenters. The van der Waals surface area contributed by atoms with Crippen molar-refractivity contribution in [1.29, 1.82) is 0 Å². The molecule has 1 aromatic heterocycles. The second-order valence-electron chi connectivity index (χ2n) is 6.15. The monoisotopic (exact) mass is 365 g/mol. The highest BCUT2D eigenvalue weighted by molar-refractivity contribution is 5.82. The predicted molar refractivity (Wildman–Crippen MR) is 79.9 cm³/mol. The Morgan fingerprint density at radius 1 is 1.52 bits per heavy atom. The van der Waals surface area contributed by atoms with Crippen LogP contribution in [0.5, 0.6) is 0 Å². The molecule has 1 saturated heterocycles. The van der Waals surface area contributed by atoms with Gasteiger partial charge in [-0.25, -0.2) is 4.68 Å². The van der Waals surface area contributed by atoms with Crippen molar-refractivity contribution in [2.45, 2.75) is 37.6 Å². The zero-order chi connectivity index (χ0) is 19.0. The van der Waals surface area contributed by atoms with Crippen molar-refractivity contribution in [2.75, 3.05) is 18.0 Å². The summed E-state index contributed by atoms with van der Waals surface area (Å²) >= 11 is 0. The van der Waals surface area contributed by atoms with Gasteiger partial charge in [-0.1, -0.05) is 0 Å². The zero-order valence-electron chi connectivity index (χ0n) is 13.6. The van der Waals surface area contributed by atoms with Crippen LogP contribution in [-0.4, -0.2) is 56.6 Å². The number of nitrogens with one attached hydrogen (secondary N) is 1. The van der Waals surface area contributed by atoms with Crippen molar-refractivity contribution >= 4 is 17.4 Å². The maximum absolute atomic E-state index is 12.5. The van der Waals surface area contributed by atoms with E-state index in [1.54, 1.807) is 4.90 Å². The van der Waals surface area contributed by atoms with Crippen molar-refractivity contribution in [2.24, 2.45) is 7.05 Å². The smallest absolute Gasteiger partial charge is 0.391 e. The Morgan fingerprint density at radius 3 is 2.72 bits per heavy atom. The van der Waals surface area contributed by atoms with E-state index in [-0.39, 0.29) is 37.4 Å². The van der Waals surface area contributed by atoms with E-state index < -0.39 is 28.6 Å². The lowest BCUT2D eigenvalue weighted by Crippen LogP contribution is -2.57. The van der Waals surface area contributed by atoms with Crippen LogP contribution in [0.4, 0.5) is 24.7 Å². The number of halogens is 3. The molecule has 1 aliphatic rings. The van der Waals surface area contributed by atoms with E-state index >= 15 is 0 Å². The van der Waals surface area contributed by atoms with Gasteiger partial charge in [-0.2, -0.15) is 18.3 Å². The van der Waals surface area contributed by atoms with E-state index in [1.165, 1.54) is 18.7 Å². The fourth-order valence-electron chi connectivity index (χ4n) is 2.85. The zero-order valence-corrected chi connectivity index (χ0v) is 13.6. The number of hydrogen-bond acceptors (Lipinski definition) is 6. The highest BCUT2D eigenvalue weighted by atomic mass is 19.4. The van der Waals surface area contributed by atoms with Crippen LogP contribution >= 0.6 is 0 Å². The third-order valence-corrected chi connectivity index (χ3v) is 4.35. The number of aryl methyl sites for hydroxylation is 1. The van der Waals surface area contributed by atoms with Gasteiger partial charge < -0.3 is 15.3 Å². The minimum atomic E-state index is -5.06. The van der Waals surface area contributed by atoms with Gasteiger partial charge in [0.15, 0.2) is 0 Å². The van der Waals surface area contributed by atoms with Crippen molar-refractivity contribution in [1.82, 2.24) is 15.1 Å². The number of aliphatic hydroxyl groups excluding tert-OH is 1. The van der Waals surface area contributed by atoms with Crippen LogP contribution < -0.4 is 10.2 Å². The number of aliphatic hydroxyl groups is 1. The third-order valence-electron chi connectivity index (χ3n) is 4.35. The number of nitrogens with zero attached hydrogens (tertiary/aromatic N) is 4. The van der Waals surface area contributed by atoms with Gasteiger partial charge in [0.05, 0.1) is 16.6 Å². The van der Waals surface area contributed by atoms with Crippen LogP contribution in [0.2, 0.25) is 0 Å². The molecule has 1 amide bonds. The quantitative estimate of drug-likeness (QED) is 0.603. The van der Waals surface area contributed by atoms with E-state index in [0.29, 0.717) is 0 Å². The van der Waals surface area contributed by atoms with Gasteiger partial charge in [-0.05, 0) is 19.8 Å². The number of nitro groups is 1. The molecule has 1 aliphatic heterocycles. The second-order valence-corrected chi connectivity index (χ2v) is 6.15. The second kappa shape index (κ2) is 6.50. The number of aromatic nitrogens is 2. The van der Waals surface area contributed by atoms with E-state index in [9.17, 15) is 33.2 Å². The largest absolute Gasteiger partial charge is 0.471 e. The minimum absolute atomic E-state index is 0.0248. The maximum Gasteiger partial charge on any atom is 0.471 e. The molecular weight excluding hydrogens is 347 g/mol. The molecule has 2 rings (SSSR count). The van der Waals surface area contributed by atoms with Gasteiger partial charge in [0.25, 0.3) is 0 Å². The van der Waals surface area contributed by atoms with Crippen molar-refractivity contribution in [3.8, 4) is 0 Å². The molecule has 1 fully saturated rings. The topological polar surface area (TPSA) is 114 Å². The first-order valence-electron chi connectivity index (χ1n) is 7.44. The lowest BCUT2D eigenvalue weighted by Gasteiger charge is -2.34. The van der Waals surface area contributed by atoms with Gasteiger partial charge in [0, 0.05) is 20.1 Å². The normalized spacial score (nSPS) is 24.7. The average molecular weight is 365 g/mol. The SMILES string of the molecule is Cn1ncc([N+](=O)[O-])c1N1CC[C@H](O)[C@@](C)(NC(=O)C(F)(F)F)CC1. The molecule has 0 spiro atoms. The summed E-state index contributed by atoms with van der Waals surface area (Å²) in [7, 11) is 1.51. The third kappa shape index (κ3) is 3.83. The summed E-state index contributed by atoms with van der Waals surface area (Å²) in [6.07, 6.45) is -5.22. The predicted octanol–water partition coefficient (Wildman–Crippen LogP) is 0.727. The van der Waals surface area contributed by atoms with Gasteiger partial charge in [-0.3, -0.25) is 14.9 Å². The van der Waals surface area contributed by atoms with Gasteiger partial charge in [0.2, 0.25) is 5.82 Å². The molecule has 0 unspecified atom stereocenters. The molecule has 1 aromatic rings. The first-order valence-corrected chi connectivity index (χ1v) is 7.44. The number of rotatable bonds is 3. The molecule has 0 saturated carbocycles. The van der Waals surface area contributed by atoms with Crippen LogP contribution in [0.1, 0.15) is 19.8 Å². The maximum atomic E-state index is 12.5. The Hall–Kier alpha value is -2.37. The van der Waals surface area contributed by atoms with Crippen LogP contribution in [0.15, 0.2) is 6.20 Å². The van der Waals surface area contributed by atoms with Crippen molar-refractivity contribution in [3.63, 3.8) is 0 Å². The van der Waals surface area contributed by atoms with Crippen LogP contribution in [0, 0.1) is 10.1 Å². The Balaban J connectivity index is 2.22. The van der Waals surface area contributed by atoms with Crippen LogP contribution in [-0.2, 0) is 11.8 Å². The fraction of sp³-hybridized carbons (Fsp3) is 0.692. The summed E-state index contributed by atoms with van der Waals surface area (Å²) in [6.45, 7) is 1.59. The summed E-state index contributed by atoms with van der Waals surface area (Å²) in [5, 5.41) is 27.0. The molecule has 0 aliphatic carbocycles. The molecule has 12 heteroatoms. The number of anilines is 1. The Labute approximate surface area is 140 Å². The first kappa shape index (κ1) is 19.0. The molecule has 0 radical (unpaired) electrons. The van der Waals surface area contributed by atoms with Crippen LogP contribution in [0.25, 0.3) is 0 Å². The van der Waals surface area contributed by atoms with Gasteiger partial charge >= 0.3 is 17.8 Å². The number of hydrogen-bond donors (Lipinski definition) is 2. The first-order chi connectivity index (χ1) is 11.5. The number of carbonyl (C=O) groups is 1. The lowest BCUT2D eigenvalue weighted by molar-refractivity contribution is -0.384. The van der Waals surface area contributed by atoms with E-state index in [4.69, 9.17) is 0 Å². The molecule has 2 heterocycles. The lowest BCUT2D eigenvalue weighted by atomic mass is 9.90. The van der Waals surface area contributed by atoms with Crippen molar-refractivity contribution in [3.05, 3.63) is 16.3 Å². The molecule has 140 valence electrons.